The highest BCUT2D eigenvalue weighted by molar-refractivity contribution is 7.16. The van der Waals surface area contributed by atoms with Gasteiger partial charge in [0.1, 0.15) is 0 Å². The van der Waals surface area contributed by atoms with Crippen LogP contribution in [0.25, 0.3) is 0 Å². The SMILES string of the molecule is CCCNC(Cc1ccc(Cl)s1)CC(F)(F)F. The second-order valence-electron chi connectivity index (χ2n) is 3.88. The summed E-state index contributed by atoms with van der Waals surface area (Å²) in [5.41, 5.74) is 0. The highest BCUT2D eigenvalue weighted by Crippen LogP contribution is 2.27. The van der Waals surface area contributed by atoms with Gasteiger partial charge in [0.05, 0.1) is 10.8 Å². The number of alkyl halides is 3. The normalized spacial score (nSPS) is 13.9. The van der Waals surface area contributed by atoms with Crippen LogP contribution in [0.4, 0.5) is 13.2 Å². The van der Waals surface area contributed by atoms with E-state index in [4.69, 9.17) is 11.6 Å². The molecule has 1 nitrogen and oxygen atoms in total. The Labute approximate surface area is 108 Å². The molecular weight excluding hydrogens is 271 g/mol. The van der Waals surface area contributed by atoms with Crippen LogP contribution in [0.5, 0.6) is 0 Å². The zero-order chi connectivity index (χ0) is 12.9. The molecule has 0 saturated heterocycles. The Hall–Kier alpha value is -0.260. The minimum atomic E-state index is -4.13. The number of nitrogens with one attached hydrogen (secondary N) is 1. The van der Waals surface area contributed by atoms with E-state index < -0.39 is 18.6 Å². The van der Waals surface area contributed by atoms with Crippen molar-refractivity contribution in [2.24, 2.45) is 0 Å². The smallest absolute Gasteiger partial charge is 0.313 e. The summed E-state index contributed by atoms with van der Waals surface area (Å²) in [6, 6.07) is 2.93. The average molecular weight is 286 g/mol. The molecule has 0 bridgehead atoms. The first-order valence-corrected chi connectivity index (χ1v) is 6.64. The molecule has 98 valence electrons. The minimum Gasteiger partial charge on any atom is -0.313 e. The van der Waals surface area contributed by atoms with Crippen molar-refractivity contribution in [3.8, 4) is 0 Å². The number of rotatable bonds is 6. The van der Waals surface area contributed by atoms with Crippen molar-refractivity contribution in [1.82, 2.24) is 5.32 Å². The molecule has 0 aliphatic heterocycles. The summed E-state index contributed by atoms with van der Waals surface area (Å²) < 4.78 is 37.7. The Bertz CT molecular complexity index is 338. The molecule has 1 N–H and O–H groups in total. The summed E-state index contributed by atoms with van der Waals surface area (Å²) in [4.78, 5) is 0.882. The predicted molar refractivity (Wildman–Crippen MR) is 65.8 cm³/mol. The van der Waals surface area contributed by atoms with Crippen LogP contribution in [0.3, 0.4) is 0 Å². The number of hydrogen-bond donors (Lipinski definition) is 1. The lowest BCUT2D eigenvalue weighted by molar-refractivity contribution is -0.139. The van der Waals surface area contributed by atoms with Crippen LogP contribution in [-0.2, 0) is 6.42 Å². The lowest BCUT2D eigenvalue weighted by Crippen LogP contribution is -2.35. The first kappa shape index (κ1) is 14.8. The van der Waals surface area contributed by atoms with Crippen molar-refractivity contribution < 1.29 is 13.2 Å². The molecule has 1 aromatic rings. The van der Waals surface area contributed by atoms with Crippen molar-refractivity contribution in [2.75, 3.05) is 6.54 Å². The average Bonchev–Trinajstić information content (AvgIpc) is 2.58. The highest BCUT2D eigenvalue weighted by Gasteiger charge is 2.31. The van der Waals surface area contributed by atoms with Crippen LogP contribution >= 0.6 is 22.9 Å². The molecule has 0 fully saturated rings. The molecule has 0 aliphatic rings. The maximum Gasteiger partial charge on any atom is 0.390 e. The Morgan fingerprint density at radius 2 is 2.12 bits per heavy atom. The molecule has 0 spiro atoms. The molecule has 1 rings (SSSR count). The molecule has 6 heteroatoms. The molecule has 1 aromatic heterocycles. The van der Waals surface area contributed by atoms with Gasteiger partial charge in [-0.2, -0.15) is 13.2 Å². The number of halogens is 4. The van der Waals surface area contributed by atoms with E-state index in [1.807, 2.05) is 6.92 Å². The third-order valence-corrected chi connectivity index (χ3v) is 3.49. The van der Waals surface area contributed by atoms with Crippen LogP contribution in [0.1, 0.15) is 24.6 Å². The summed E-state index contributed by atoms with van der Waals surface area (Å²) >= 11 is 7.09. The molecule has 0 radical (unpaired) electrons. The van der Waals surface area contributed by atoms with Gasteiger partial charge in [0.25, 0.3) is 0 Å². The van der Waals surface area contributed by atoms with E-state index in [9.17, 15) is 13.2 Å². The van der Waals surface area contributed by atoms with Crippen molar-refractivity contribution in [2.45, 2.75) is 38.4 Å². The predicted octanol–water partition coefficient (Wildman–Crippen LogP) is 4.26. The fraction of sp³-hybridized carbons (Fsp3) is 0.636. The van der Waals surface area contributed by atoms with Crippen LogP contribution in [0.2, 0.25) is 4.34 Å². The van der Waals surface area contributed by atoms with Gasteiger partial charge in [-0.1, -0.05) is 18.5 Å². The molecule has 1 unspecified atom stereocenters. The number of hydrogen-bond acceptors (Lipinski definition) is 2. The molecular formula is C11H15ClF3NS. The molecule has 17 heavy (non-hydrogen) atoms. The molecule has 0 amide bonds. The van der Waals surface area contributed by atoms with Crippen molar-refractivity contribution in [3.05, 3.63) is 21.3 Å². The van der Waals surface area contributed by atoms with Gasteiger partial charge < -0.3 is 5.32 Å². The first-order chi connectivity index (χ1) is 7.90. The van der Waals surface area contributed by atoms with Crippen molar-refractivity contribution >= 4 is 22.9 Å². The maximum absolute atomic E-state index is 12.4. The van der Waals surface area contributed by atoms with Gasteiger partial charge in [0.2, 0.25) is 0 Å². The standard InChI is InChI=1S/C11H15ClF3NS/c1-2-5-16-8(7-11(13,14)15)6-9-3-4-10(12)17-9/h3-4,8,16H,2,5-7H2,1H3. The summed E-state index contributed by atoms with van der Waals surface area (Å²) in [7, 11) is 0. The highest BCUT2D eigenvalue weighted by atomic mass is 35.5. The molecule has 0 aliphatic carbocycles. The van der Waals surface area contributed by atoms with Gasteiger partial charge in [0, 0.05) is 10.9 Å². The van der Waals surface area contributed by atoms with E-state index >= 15 is 0 Å². The Morgan fingerprint density at radius 1 is 1.41 bits per heavy atom. The summed E-state index contributed by atoms with van der Waals surface area (Å²) in [5, 5.41) is 2.93. The van der Waals surface area contributed by atoms with E-state index in [2.05, 4.69) is 5.32 Å². The van der Waals surface area contributed by atoms with Gasteiger partial charge in [-0.15, -0.1) is 11.3 Å². The van der Waals surface area contributed by atoms with Gasteiger partial charge in [0.15, 0.2) is 0 Å². The van der Waals surface area contributed by atoms with Crippen molar-refractivity contribution in [1.29, 1.82) is 0 Å². The van der Waals surface area contributed by atoms with E-state index in [0.29, 0.717) is 17.3 Å². The molecule has 0 aromatic carbocycles. The largest absolute Gasteiger partial charge is 0.390 e. The second kappa shape index (κ2) is 6.61. The Kier molecular flexibility index (Phi) is 5.76. The Morgan fingerprint density at radius 3 is 2.59 bits per heavy atom. The van der Waals surface area contributed by atoms with Gasteiger partial charge >= 0.3 is 6.18 Å². The zero-order valence-corrected chi connectivity index (χ0v) is 11.1. The Balaban J connectivity index is 2.56. The van der Waals surface area contributed by atoms with E-state index in [0.717, 1.165) is 11.3 Å². The summed E-state index contributed by atoms with van der Waals surface area (Å²) in [5.74, 6) is 0. The second-order valence-corrected chi connectivity index (χ2v) is 5.68. The van der Waals surface area contributed by atoms with Crippen LogP contribution in [-0.4, -0.2) is 18.8 Å². The van der Waals surface area contributed by atoms with E-state index in [-0.39, 0.29) is 0 Å². The van der Waals surface area contributed by atoms with Crippen LogP contribution in [0, 0.1) is 0 Å². The first-order valence-electron chi connectivity index (χ1n) is 5.45. The minimum absolute atomic E-state index is 0.372. The lowest BCUT2D eigenvalue weighted by atomic mass is 10.1. The van der Waals surface area contributed by atoms with Crippen LogP contribution in [0.15, 0.2) is 12.1 Å². The van der Waals surface area contributed by atoms with Crippen LogP contribution < -0.4 is 5.32 Å². The monoisotopic (exact) mass is 285 g/mol. The van der Waals surface area contributed by atoms with Gasteiger partial charge in [-0.3, -0.25) is 0 Å². The fourth-order valence-electron chi connectivity index (χ4n) is 1.55. The van der Waals surface area contributed by atoms with E-state index in [1.165, 1.54) is 11.3 Å². The molecule has 1 atom stereocenters. The summed E-state index contributed by atoms with van der Waals surface area (Å²) in [6.07, 6.45) is -3.74. The van der Waals surface area contributed by atoms with Gasteiger partial charge in [-0.25, -0.2) is 0 Å². The van der Waals surface area contributed by atoms with Crippen molar-refractivity contribution in [3.63, 3.8) is 0 Å². The summed E-state index contributed by atoms with van der Waals surface area (Å²) in [6.45, 7) is 2.53. The topological polar surface area (TPSA) is 12.0 Å². The van der Waals surface area contributed by atoms with E-state index in [1.54, 1.807) is 12.1 Å². The molecule has 0 saturated carbocycles. The lowest BCUT2D eigenvalue weighted by Gasteiger charge is -2.19. The third kappa shape index (κ3) is 6.29. The molecule has 1 heterocycles. The zero-order valence-electron chi connectivity index (χ0n) is 9.48. The number of thiophene rings is 1. The fourth-order valence-corrected chi connectivity index (χ4v) is 2.72. The quantitative estimate of drug-likeness (QED) is 0.823. The third-order valence-electron chi connectivity index (χ3n) is 2.24. The van der Waals surface area contributed by atoms with Gasteiger partial charge in [-0.05, 0) is 31.5 Å². The maximum atomic E-state index is 12.4.